The first-order chi connectivity index (χ1) is 45.7. The van der Waals surface area contributed by atoms with E-state index in [1.54, 1.807) is 91.9 Å². The quantitative estimate of drug-likeness (QED) is 0.0386. The summed E-state index contributed by atoms with van der Waals surface area (Å²) in [4.78, 5) is 25.9. The molecule has 0 aliphatic carbocycles. The normalized spacial score (nSPS) is 15.8. The number of rotatable bonds is 20. The number of halogens is 9. The highest BCUT2D eigenvalue weighted by Gasteiger charge is 2.33. The maximum atomic E-state index is 13.9. The second-order valence-corrected chi connectivity index (χ2v) is 25.4. The summed E-state index contributed by atoms with van der Waals surface area (Å²) in [7, 11) is 0. The van der Waals surface area contributed by atoms with Crippen LogP contribution in [0.15, 0.2) is 110 Å². The minimum absolute atomic E-state index is 0.0807. The van der Waals surface area contributed by atoms with E-state index in [1.165, 1.54) is 41.1 Å². The van der Waals surface area contributed by atoms with Crippen molar-refractivity contribution in [1.29, 1.82) is 0 Å². The van der Waals surface area contributed by atoms with Crippen LogP contribution < -0.4 is 31.4 Å². The number of ether oxygens (including phenoxy) is 5. The van der Waals surface area contributed by atoms with Crippen molar-refractivity contribution in [3.8, 4) is 50.6 Å². The van der Waals surface area contributed by atoms with Crippen molar-refractivity contribution in [2.24, 2.45) is 5.92 Å². The second-order valence-electron chi connectivity index (χ2n) is 23.0. The fourth-order valence-electron chi connectivity index (χ4n) is 10.5. The van der Waals surface area contributed by atoms with E-state index in [9.17, 15) is 23.1 Å². The molecule has 3 aromatic carbocycles. The van der Waals surface area contributed by atoms with Crippen LogP contribution in [0.2, 0.25) is 30.1 Å². The SMILES string of the molecule is CC(Oc1cc(-c2cnn(CC3CCN(C(=O)CO)CC3)c2)cnc1N)c1c(Cl)ccc(F)c1Cl.CC(Oc1cc(-c2cnn(C[C@@H]3COC(C)(C)O3)c2)cnc1N)c1c(Cl)ccc(F)c1Cl.CC(Oc1cc(-c2cnn(C[C@H](O)CO)c2)cnc1N)c1c(Cl)ccc(F)c1Cl. The predicted molar refractivity (Wildman–Crippen MR) is 360 cm³/mol. The number of carbonyl (C=O) groups excluding carboxylic acids is 1. The van der Waals surface area contributed by atoms with E-state index in [0.717, 1.165) is 41.6 Å². The monoisotopic (exact) mass is 1440 g/mol. The maximum Gasteiger partial charge on any atom is 0.248 e. The Balaban J connectivity index is 0.000000170. The van der Waals surface area contributed by atoms with Gasteiger partial charge in [0.05, 0.1) is 66.1 Å². The fraction of sp³-hybridized carbons (Fsp3) is 0.338. The number of hydrogen-bond acceptors (Lipinski definition) is 18. The molecule has 2 aliphatic heterocycles. The van der Waals surface area contributed by atoms with Crippen molar-refractivity contribution in [3.05, 3.63) is 175 Å². The van der Waals surface area contributed by atoms with Gasteiger partial charge in [-0.1, -0.05) is 69.6 Å². The Kier molecular flexibility index (Phi) is 24.3. The van der Waals surface area contributed by atoms with Crippen molar-refractivity contribution in [3.63, 3.8) is 0 Å². The Morgan fingerprint density at radius 3 is 1.33 bits per heavy atom. The Morgan fingerprint density at radius 1 is 0.594 bits per heavy atom. The second kappa shape index (κ2) is 32.1. The first kappa shape index (κ1) is 72.6. The van der Waals surface area contributed by atoms with Gasteiger partial charge in [-0.2, -0.15) is 15.3 Å². The summed E-state index contributed by atoms with van der Waals surface area (Å²) in [5.41, 5.74) is 23.5. The first-order valence-electron chi connectivity index (χ1n) is 29.9. The molecule has 0 radical (unpaired) electrons. The van der Waals surface area contributed by atoms with Crippen molar-refractivity contribution >= 4 is 93.0 Å². The molecule has 5 atom stereocenters. The third-order valence-corrected chi connectivity index (χ3v) is 17.7. The zero-order valence-electron chi connectivity index (χ0n) is 52.3. The summed E-state index contributed by atoms with van der Waals surface area (Å²) in [6.45, 7) is 11.3. The number of carbonyl (C=O) groups is 1. The van der Waals surface area contributed by atoms with Gasteiger partial charge in [0.15, 0.2) is 40.5 Å². The molecule has 9 N–H and O–H groups in total. The van der Waals surface area contributed by atoms with Crippen LogP contribution in [-0.2, 0) is 33.9 Å². The summed E-state index contributed by atoms with van der Waals surface area (Å²) in [6.07, 6.45) is 14.1. The number of likely N-dealkylation sites (tertiary alicyclic amines) is 1. The lowest BCUT2D eigenvalue weighted by molar-refractivity contribution is -0.140. The number of nitrogens with zero attached hydrogens (tertiary/aromatic N) is 10. The molecule has 2 saturated heterocycles. The van der Waals surface area contributed by atoms with Crippen LogP contribution >= 0.6 is 69.6 Å². The summed E-state index contributed by atoms with van der Waals surface area (Å²) >= 11 is 36.9. The number of amides is 1. The van der Waals surface area contributed by atoms with Crippen molar-refractivity contribution in [2.75, 3.05) is 50.1 Å². The molecule has 8 heterocycles. The highest BCUT2D eigenvalue weighted by Crippen LogP contribution is 2.41. The zero-order chi connectivity index (χ0) is 69.3. The average molecular weight is 1450 g/mol. The fourth-order valence-corrected chi connectivity index (χ4v) is 12.6. The number of anilines is 3. The van der Waals surface area contributed by atoms with Crippen LogP contribution in [0.25, 0.3) is 33.4 Å². The van der Waals surface area contributed by atoms with Gasteiger partial charge in [-0.05, 0) is 108 Å². The van der Waals surface area contributed by atoms with Crippen molar-refractivity contribution in [1.82, 2.24) is 49.2 Å². The van der Waals surface area contributed by atoms with Gasteiger partial charge in [-0.25, -0.2) is 28.1 Å². The largest absolute Gasteiger partial charge is 0.482 e. The molecule has 0 bridgehead atoms. The van der Waals surface area contributed by atoms with Crippen LogP contribution in [-0.4, -0.2) is 121 Å². The number of piperidine rings is 1. The van der Waals surface area contributed by atoms with E-state index in [1.807, 2.05) is 30.9 Å². The molecule has 3 unspecified atom stereocenters. The predicted octanol–water partition coefficient (Wildman–Crippen LogP) is 13.1. The summed E-state index contributed by atoms with van der Waals surface area (Å²) in [6, 6.07) is 13.0. The number of aliphatic hydroxyl groups is 3. The minimum Gasteiger partial charge on any atom is -0.482 e. The summed E-state index contributed by atoms with van der Waals surface area (Å²) in [5, 5.41) is 41.1. The molecule has 0 saturated carbocycles. The third-order valence-electron chi connectivity index (χ3n) is 15.5. The molecule has 6 aromatic heterocycles. The number of hydrogen-bond donors (Lipinski definition) is 6. The van der Waals surface area contributed by atoms with Gasteiger partial charge < -0.3 is 61.1 Å². The number of pyridine rings is 3. The molecular weight excluding hydrogens is 1380 g/mol. The van der Waals surface area contributed by atoms with Crippen molar-refractivity contribution in [2.45, 2.75) is 103 Å². The van der Waals surface area contributed by atoms with Crippen LogP contribution in [0.5, 0.6) is 17.2 Å². The lowest BCUT2D eigenvalue weighted by Crippen LogP contribution is -2.40. The lowest BCUT2D eigenvalue weighted by Gasteiger charge is -2.31. The molecule has 510 valence electrons. The molecule has 31 heteroatoms. The number of aliphatic hydroxyl groups excluding tert-OH is 3. The van der Waals surface area contributed by atoms with Gasteiger partial charge in [0, 0.05) is 122 Å². The van der Waals surface area contributed by atoms with Gasteiger partial charge in [-0.15, -0.1) is 0 Å². The van der Waals surface area contributed by atoms with E-state index in [-0.39, 0.29) is 68.5 Å². The molecule has 0 spiro atoms. The van der Waals surface area contributed by atoms with Gasteiger partial charge in [0.25, 0.3) is 0 Å². The molecule has 96 heavy (non-hydrogen) atoms. The molecule has 2 fully saturated rings. The third kappa shape index (κ3) is 18.1. The standard InChI is InChI=1S/C24H26Cl2FN5O3.C22H23Cl2FN4O3.C19H19Cl2FN4O3/c1-14(22-18(25)2-3-19(27)23(22)26)35-20-8-16(9-29-24(20)28)17-10-30-32(12-17)11-15-4-6-31(7-5-15)21(34)13-33;1-12(19-16(23)4-5-17(25)20(19)24)31-18-6-13(7-27-21(18)26)14-8-28-29(9-14)10-15-11-30-22(2,3)32-15;1-10(17-14(20)2-3-15(22)18(17)21)29-16-4-11(5-24-19(16)23)12-6-25-26(7-12)8-13(28)9-27/h2-3,8-10,12,14-15,33H,4-7,11,13H2,1H3,(H2,28,29);4-9,12,15H,10-11H2,1-3H3,(H2,26,27);2-7,10,13,27-28H,8-9H2,1H3,(H2,23,24)/t;12?,15-;10?,13-/m.10/s1. The lowest BCUT2D eigenvalue weighted by atomic mass is 9.97. The molecule has 9 aromatic rings. The van der Waals surface area contributed by atoms with Crippen LogP contribution in [0.3, 0.4) is 0 Å². The topological polar surface area (TPSA) is 297 Å². The highest BCUT2D eigenvalue weighted by atomic mass is 35.5. The highest BCUT2D eigenvalue weighted by molar-refractivity contribution is 6.37. The van der Waals surface area contributed by atoms with Gasteiger partial charge in [0.1, 0.15) is 48.5 Å². The first-order valence-corrected chi connectivity index (χ1v) is 32.2. The Hall–Kier alpha value is -7.66. The van der Waals surface area contributed by atoms with Gasteiger partial charge in [0.2, 0.25) is 5.91 Å². The van der Waals surface area contributed by atoms with E-state index in [4.69, 9.17) is 121 Å². The number of nitrogen functional groups attached to an aromatic ring is 3. The molecule has 11 rings (SSSR count). The van der Waals surface area contributed by atoms with E-state index < -0.39 is 54.3 Å². The van der Waals surface area contributed by atoms with Gasteiger partial charge in [-0.3, -0.25) is 18.8 Å². The van der Waals surface area contributed by atoms with E-state index in [2.05, 4.69) is 30.2 Å². The van der Waals surface area contributed by atoms with Crippen LogP contribution in [0.4, 0.5) is 30.6 Å². The molecule has 1 amide bonds. The molecule has 22 nitrogen and oxygen atoms in total. The average Bonchev–Trinajstić information content (AvgIpc) is 1.94. The Labute approximate surface area is 580 Å². The van der Waals surface area contributed by atoms with Crippen LogP contribution in [0.1, 0.15) is 82.5 Å². The van der Waals surface area contributed by atoms with Crippen molar-refractivity contribution < 1.29 is 57.0 Å². The number of nitrogens with two attached hydrogens (primary N) is 3. The Bertz CT molecular complexity index is 4200. The van der Waals surface area contributed by atoms with E-state index in [0.29, 0.717) is 81.5 Å². The zero-order valence-corrected chi connectivity index (χ0v) is 56.9. The van der Waals surface area contributed by atoms with E-state index >= 15 is 0 Å². The maximum absolute atomic E-state index is 13.9. The van der Waals surface area contributed by atoms with Crippen LogP contribution in [0, 0.1) is 23.4 Å². The molecule has 2 aliphatic rings. The molecular formula is C65H68Cl6F3N13O9. The Morgan fingerprint density at radius 2 is 0.969 bits per heavy atom. The summed E-state index contributed by atoms with van der Waals surface area (Å²) < 4.78 is 76.1. The number of aromatic nitrogens is 9. The van der Waals surface area contributed by atoms with Gasteiger partial charge >= 0.3 is 0 Å². The minimum atomic E-state index is -0.909. The smallest absolute Gasteiger partial charge is 0.248 e. The summed E-state index contributed by atoms with van der Waals surface area (Å²) in [5.74, 6) is -0.748. The number of benzene rings is 3.